The number of pyridine rings is 1. The second-order valence-electron chi connectivity index (χ2n) is 12.3. The van der Waals surface area contributed by atoms with E-state index in [0.717, 1.165) is 40.5 Å². The van der Waals surface area contributed by atoms with Crippen molar-refractivity contribution in [2.75, 3.05) is 19.0 Å². The first kappa shape index (κ1) is 30.5. The minimum Gasteiger partial charge on any atom is -0.489 e. The van der Waals surface area contributed by atoms with Gasteiger partial charge in [-0.25, -0.2) is 4.39 Å². The zero-order valence-electron chi connectivity index (χ0n) is 25.3. The van der Waals surface area contributed by atoms with Crippen LogP contribution in [0.25, 0.3) is 11.1 Å². The van der Waals surface area contributed by atoms with Crippen LogP contribution in [0.1, 0.15) is 75.8 Å². The van der Waals surface area contributed by atoms with Crippen LogP contribution in [0.2, 0.25) is 0 Å². The van der Waals surface area contributed by atoms with E-state index in [9.17, 15) is 8.96 Å². The molecule has 2 atom stereocenters. The van der Waals surface area contributed by atoms with Gasteiger partial charge in [0.2, 0.25) is 0 Å². The maximum absolute atomic E-state index is 14.9. The third kappa shape index (κ3) is 7.83. The molecule has 4 rings (SSSR count). The average molecular weight is 565 g/mol. The summed E-state index contributed by atoms with van der Waals surface area (Å²) in [5.41, 5.74) is 5.63. The Bertz CT molecular complexity index is 1340. The molecule has 0 spiro atoms. The van der Waals surface area contributed by atoms with Crippen molar-refractivity contribution in [1.29, 1.82) is 0 Å². The number of aryl methyl sites for hydroxylation is 1. The molecule has 0 saturated heterocycles. The highest BCUT2D eigenvalue weighted by Crippen LogP contribution is 2.52. The lowest BCUT2D eigenvalue weighted by molar-refractivity contribution is 0.166. The van der Waals surface area contributed by atoms with Crippen LogP contribution in [0, 0.1) is 18.7 Å². The molecule has 1 aliphatic carbocycles. The number of nitrogens with zero attached hydrogens (tertiary/aromatic N) is 2. The first-order valence-corrected chi connectivity index (χ1v) is 17.3. The fourth-order valence-corrected chi connectivity index (χ4v) is 7.21. The molecular weight excluding hydrogens is 518 g/mol. The predicted octanol–water partition coefficient (Wildman–Crippen LogP) is 8.90. The van der Waals surface area contributed by atoms with Crippen molar-refractivity contribution in [2.45, 2.75) is 85.5 Å². The third-order valence-electron chi connectivity index (χ3n) is 8.27. The molecule has 1 aliphatic rings. The van der Waals surface area contributed by atoms with Gasteiger partial charge in [0.15, 0.2) is 0 Å². The van der Waals surface area contributed by atoms with Crippen molar-refractivity contribution >= 4 is 7.14 Å². The molecule has 0 unspecified atom stereocenters. The molecule has 1 heterocycles. The summed E-state index contributed by atoms with van der Waals surface area (Å²) >= 11 is 0. The molecule has 3 aromatic rings. The van der Waals surface area contributed by atoms with E-state index >= 15 is 0 Å². The number of benzene rings is 2. The van der Waals surface area contributed by atoms with Gasteiger partial charge in [0.1, 0.15) is 18.2 Å². The monoisotopic (exact) mass is 564 g/mol. The summed E-state index contributed by atoms with van der Waals surface area (Å²) in [5, 5.41) is 0. The van der Waals surface area contributed by atoms with Gasteiger partial charge in [-0.2, -0.15) is 0 Å². The molecule has 2 aromatic carbocycles. The van der Waals surface area contributed by atoms with Gasteiger partial charge >= 0.3 is 0 Å². The molecule has 0 bridgehead atoms. The van der Waals surface area contributed by atoms with Crippen molar-refractivity contribution < 1.29 is 13.7 Å². The normalized spacial score (nSPS) is 16.0. The number of hydrogen-bond donors (Lipinski definition) is 0. The molecule has 4 nitrogen and oxygen atoms in total. The van der Waals surface area contributed by atoms with Gasteiger partial charge in [-0.05, 0) is 113 Å². The van der Waals surface area contributed by atoms with E-state index in [1.165, 1.54) is 24.6 Å². The summed E-state index contributed by atoms with van der Waals surface area (Å²) in [4.78, 5) is 6.55. The lowest BCUT2D eigenvalue weighted by Crippen LogP contribution is -2.36. The molecule has 216 valence electrons. The van der Waals surface area contributed by atoms with Crippen LogP contribution in [0.4, 0.5) is 4.39 Å². The highest BCUT2D eigenvalue weighted by molar-refractivity contribution is 7.63. The largest absolute Gasteiger partial charge is 0.489 e. The van der Waals surface area contributed by atoms with Crippen LogP contribution in [0.5, 0.6) is 5.75 Å². The van der Waals surface area contributed by atoms with E-state index in [1.807, 2.05) is 44.8 Å². The van der Waals surface area contributed by atoms with E-state index in [2.05, 4.69) is 61.8 Å². The molecule has 0 aliphatic heterocycles. The molecule has 0 amide bonds. The second kappa shape index (κ2) is 13.0. The quantitative estimate of drug-likeness (QED) is 0.194. The first-order valence-electron chi connectivity index (χ1n) is 14.8. The maximum atomic E-state index is 14.9. The Balaban J connectivity index is 1.59. The van der Waals surface area contributed by atoms with Crippen molar-refractivity contribution in [3.05, 3.63) is 82.9 Å². The van der Waals surface area contributed by atoms with Crippen LogP contribution < -0.4 is 4.74 Å². The van der Waals surface area contributed by atoms with E-state index in [4.69, 9.17) is 4.74 Å². The van der Waals surface area contributed by atoms with Crippen LogP contribution in [0.15, 0.2) is 54.7 Å². The highest BCUT2D eigenvalue weighted by Gasteiger charge is 2.35. The number of rotatable bonds is 13. The Morgan fingerprint density at radius 1 is 1.05 bits per heavy atom. The highest BCUT2D eigenvalue weighted by atomic mass is 31.2. The standard InChI is InChI=1S/C34H46FN2O2P/c1-8-40(7,38)22-33(27-13-14-27)28-10-9-11-30(18-28)39-21-26-12-15-31(32-16-25(6)36-19-34(32)35)29(17-26)20-37(23(2)3)24(4)5/h9-12,15-19,23-24,27,33H,8,13-14,20-22H2,1-7H3/t33-,40-/m0/s1. The Kier molecular flexibility index (Phi) is 9.90. The maximum Gasteiger partial charge on any atom is 0.149 e. The first-order chi connectivity index (χ1) is 19.0. The molecule has 1 fully saturated rings. The Labute approximate surface area is 240 Å². The SMILES string of the molecule is CC[P@](C)(=O)C[C@H](c1cccc(OCc2ccc(-c3cc(C)ncc3F)c(CN(C(C)C)C(C)C)c2)c1)C1CC1. The second-order valence-corrected chi connectivity index (χ2v) is 15.8. The van der Waals surface area contributed by atoms with E-state index in [0.29, 0.717) is 42.6 Å². The van der Waals surface area contributed by atoms with Crippen molar-refractivity contribution in [3.63, 3.8) is 0 Å². The fraction of sp³-hybridized carbons (Fsp3) is 0.500. The van der Waals surface area contributed by atoms with Gasteiger partial charge in [0.25, 0.3) is 0 Å². The van der Waals surface area contributed by atoms with Crippen LogP contribution >= 0.6 is 7.14 Å². The van der Waals surface area contributed by atoms with E-state index < -0.39 is 7.14 Å². The van der Waals surface area contributed by atoms with Gasteiger partial charge in [0.05, 0.1) is 13.3 Å². The summed E-state index contributed by atoms with van der Waals surface area (Å²) in [6.45, 7) is 15.8. The minimum absolute atomic E-state index is 0.307. The number of halogens is 1. The number of ether oxygens (including phenoxy) is 1. The van der Waals surface area contributed by atoms with Gasteiger partial charge in [-0.15, -0.1) is 0 Å². The summed E-state index contributed by atoms with van der Waals surface area (Å²) in [5.74, 6) is 1.49. The molecule has 6 heteroatoms. The number of aromatic nitrogens is 1. The van der Waals surface area contributed by atoms with Gasteiger partial charge in [-0.1, -0.05) is 37.3 Å². The zero-order valence-corrected chi connectivity index (χ0v) is 26.2. The van der Waals surface area contributed by atoms with Crippen molar-refractivity contribution in [2.24, 2.45) is 5.92 Å². The molecule has 0 radical (unpaired) electrons. The van der Waals surface area contributed by atoms with Crippen LogP contribution in [-0.4, -0.2) is 41.0 Å². The molecule has 0 N–H and O–H groups in total. The molecule has 1 aromatic heterocycles. The van der Waals surface area contributed by atoms with E-state index in [-0.39, 0.29) is 5.82 Å². The summed E-state index contributed by atoms with van der Waals surface area (Å²) < 4.78 is 34.2. The minimum atomic E-state index is -2.13. The topological polar surface area (TPSA) is 42.4 Å². The Hall–Kier alpha value is -2.49. The smallest absolute Gasteiger partial charge is 0.149 e. The summed E-state index contributed by atoms with van der Waals surface area (Å²) in [7, 11) is -2.13. The zero-order chi connectivity index (χ0) is 29.0. The summed E-state index contributed by atoms with van der Waals surface area (Å²) in [6, 6.07) is 17.1. The summed E-state index contributed by atoms with van der Waals surface area (Å²) in [6.07, 6.45) is 5.27. The lowest BCUT2D eigenvalue weighted by Gasteiger charge is -2.31. The Morgan fingerprint density at radius 2 is 1.77 bits per heavy atom. The van der Waals surface area contributed by atoms with Crippen molar-refractivity contribution in [1.82, 2.24) is 9.88 Å². The fourth-order valence-electron chi connectivity index (χ4n) is 5.61. The third-order valence-corrected chi connectivity index (χ3v) is 10.8. The van der Waals surface area contributed by atoms with E-state index in [1.54, 1.807) is 0 Å². The predicted molar refractivity (Wildman–Crippen MR) is 165 cm³/mol. The van der Waals surface area contributed by atoms with Crippen molar-refractivity contribution in [3.8, 4) is 16.9 Å². The lowest BCUT2D eigenvalue weighted by atomic mass is 9.96. The average Bonchev–Trinajstić information content (AvgIpc) is 3.76. The van der Waals surface area contributed by atoms with Crippen LogP contribution in [-0.2, 0) is 17.7 Å². The van der Waals surface area contributed by atoms with Crippen LogP contribution in [0.3, 0.4) is 0 Å². The molecular formula is C34H46FN2O2P. The molecule has 1 saturated carbocycles. The van der Waals surface area contributed by atoms with Gasteiger partial charge in [0, 0.05) is 36.0 Å². The molecule has 40 heavy (non-hydrogen) atoms. The van der Waals surface area contributed by atoms with Gasteiger partial charge < -0.3 is 9.30 Å². The van der Waals surface area contributed by atoms with Gasteiger partial charge in [-0.3, -0.25) is 9.88 Å². The Morgan fingerprint density at radius 3 is 2.42 bits per heavy atom. The number of hydrogen-bond acceptors (Lipinski definition) is 4.